The van der Waals surface area contributed by atoms with Crippen LogP contribution in [0.4, 0.5) is 5.69 Å². The van der Waals surface area contributed by atoms with E-state index < -0.39 is 0 Å². The predicted octanol–water partition coefficient (Wildman–Crippen LogP) is 4.49. The summed E-state index contributed by atoms with van der Waals surface area (Å²) in [6, 6.07) is 18.7. The van der Waals surface area contributed by atoms with Gasteiger partial charge in [0.25, 0.3) is 0 Å². The second-order valence-electron chi connectivity index (χ2n) is 9.39. The highest BCUT2D eigenvalue weighted by Gasteiger charge is 2.17. The Kier molecular flexibility index (Phi) is 7.37. The Hall–Kier alpha value is -2.96. The number of para-hydroxylation sites is 1. The number of hydrogen-bond donors (Lipinski definition) is 1. The molecule has 5 rings (SSSR count). The molecule has 2 aliphatic heterocycles. The van der Waals surface area contributed by atoms with Crippen LogP contribution in [0.2, 0.25) is 0 Å². The number of anilines is 1. The Labute approximate surface area is 201 Å². The Morgan fingerprint density at radius 1 is 0.882 bits per heavy atom. The van der Waals surface area contributed by atoms with Gasteiger partial charge in [-0.15, -0.1) is 0 Å². The van der Waals surface area contributed by atoms with Crippen molar-refractivity contribution in [1.82, 2.24) is 14.8 Å². The van der Waals surface area contributed by atoms with Crippen LogP contribution in [0.3, 0.4) is 0 Å². The van der Waals surface area contributed by atoms with Crippen LogP contribution in [0.5, 0.6) is 5.75 Å². The number of nitrogens with zero attached hydrogens (tertiary/aromatic N) is 3. The van der Waals surface area contributed by atoms with Gasteiger partial charge in [0.15, 0.2) is 0 Å². The summed E-state index contributed by atoms with van der Waals surface area (Å²) in [6.45, 7) is 7.28. The van der Waals surface area contributed by atoms with E-state index in [2.05, 4.69) is 57.6 Å². The molecule has 1 fully saturated rings. The van der Waals surface area contributed by atoms with Crippen molar-refractivity contribution in [3.8, 4) is 5.75 Å². The van der Waals surface area contributed by atoms with E-state index in [0.717, 1.165) is 81.4 Å². The predicted molar refractivity (Wildman–Crippen MR) is 136 cm³/mol. The van der Waals surface area contributed by atoms with Gasteiger partial charge in [-0.25, -0.2) is 0 Å². The molecular weight excluding hydrogens is 424 g/mol. The van der Waals surface area contributed by atoms with Gasteiger partial charge in [0, 0.05) is 56.3 Å². The van der Waals surface area contributed by atoms with Crippen LogP contribution in [0.25, 0.3) is 10.9 Å². The molecule has 34 heavy (non-hydrogen) atoms. The second kappa shape index (κ2) is 11.0. The van der Waals surface area contributed by atoms with Crippen LogP contribution in [0.1, 0.15) is 36.9 Å². The molecule has 0 unspecified atom stereocenters. The molecular formula is C28H34N4O2. The number of unbranched alkanes of at least 4 members (excludes halogenated alkanes) is 2. The van der Waals surface area contributed by atoms with E-state index in [1.807, 2.05) is 12.1 Å². The number of ether oxygens (including phenoxy) is 1. The number of pyridine rings is 1. The fourth-order valence-electron chi connectivity index (χ4n) is 4.84. The monoisotopic (exact) mass is 458 g/mol. The maximum atomic E-state index is 11.6. The number of hydrogen-bond acceptors (Lipinski definition) is 5. The van der Waals surface area contributed by atoms with Gasteiger partial charge in [0.05, 0.1) is 17.8 Å². The minimum absolute atomic E-state index is 0.0934. The molecule has 0 aliphatic carbocycles. The summed E-state index contributed by atoms with van der Waals surface area (Å²) in [5.74, 6) is 0.939. The largest absolute Gasteiger partial charge is 0.494 e. The van der Waals surface area contributed by atoms with Gasteiger partial charge in [-0.3, -0.25) is 14.7 Å². The lowest BCUT2D eigenvalue weighted by atomic mass is 10.0. The topological polar surface area (TPSA) is 57.7 Å². The lowest BCUT2D eigenvalue weighted by molar-refractivity contribution is -0.116. The van der Waals surface area contributed by atoms with E-state index >= 15 is 0 Å². The fourth-order valence-corrected chi connectivity index (χ4v) is 4.84. The van der Waals surface area contributed by atoms with Crippen molar-refractivity contribution < 1.29 is 9.53 Å². The number of piperazine rings is 1. The lowest BCUT2D eigenvalue weighted by Gasteiger charge is -2.34. The van der Waals surface area contributed by atoms with Gasteiger partial charge in [0.1, 0.15) is 5.75 Å². The van der Waals surface area contributed by atoms with Gasteiger partial charge in [-0.2, -0.15) is 0 Å². The molecule has 1 saturated heterocycles. The summed E-state index contributed by atoms with van der Waals surface area (Å²) in [7, 11) is 0. The smallest absolute Gasteiger partial charge is 0.224 e. The average molecular weight is 459 g/mol. The molecule has 6 heteroatoms. The van der Waals surface area contributed by atoms with Crippen LogP contribution >= 0.6 is 0 Å². The van der Waals surface area contributed by atoms with E-state index in [0.29, 0.717) is 6.42 Å². The van der Waals surface area contributed by atoms with Crippen molar-refractivity contribution >= 4 is 22.5 Å². The first-order valence-corrected chi connectivity index (χ1v) is 12.6. The summed E-state index contributed by atoms with van der Waals surface area (Å²) in [4.78, 5) is 21.5. The standard InChI is InChI=1S/C28H34N4O2/c33-28-13-10-23-9-12-25(20-27(23)30-28)34-19-5-1-4-14-31-15-17-32(18-16-31)21-24-11-8-22-6-2-3-7-26(22)29-24/h2-3,6-9,11-12,20H,1,4-5,10,13-19,21H2,(H,30,33). The zero-order valence-corrected chi connectivity index (χ0v) is 19.8. The first-order valence-electron chi connectivity index (χ1n) is 12.6. The minimum atomic E-state index is 0.0934. The number of amides is 1. The van der Waals surface area contributed by atoms with Gasteiger partial charge in [-0.1, -0.05) is 30.3 Å². The molecule has 0 atom stereocenters. The second-order valence-corrected chi connectivity index (χ2v) is 9.39. The summed E-state index contributed by atoms with van der Waals surface area (Å²) < 4.78 is 5.92. The highest BCUT2D eigenvalue weighted by Crippen LogP contribution is 2.27. The molecule has 3 heterocycles. The third-order valence-electron chi connectivity index (χ3n) is 6.87. The Morgan fingerprint density at radius 2 is 1.74 bits per heavy atom. The number of benzene rings is 2. The Morgan fingerprint density at radius 3 is 2.65 bits per heavy atom. The SMILES string of the molecule is O=C1CCc2ccc(OCCCCCN3CCN(Cc4ccc5ccccc5n4)CC3)cc2N1. The average Bonchev–Trinajstić information content (AvgIpc) is 2.87. The maximum Gasteiger partial charge on any atom is 0.224 e. The molecule has 0 spiro atoms. The first-order chi connectivity index (χ1) is 16.7. The molecule has 1 amide bonds. The lowest BCUT2D eigenvalue weighted by Crippen LogP contribution is -2.46. The number of carbonyl (C=O) groups is 1. The van der Waals surface area contributed by atoms with Gasteiger partial charge >= 0.3 is 0 Å². The molecule has 2 aliphatic rings. The van der Waals surface area contributed by atoms with Crippen LogP contribution in [0.15, 0.2) is 54.6 Å². The highest BCUT2D eigenvalue weighted by atomic mass is 16.5. The molecule has 0 radical (unpaired) electrons. The van der Waals surface area contributed by atoms with Crippen molar-refractivity contribution in [2.75, 3.05) is 44.6 Å². The first kappa shape index (κ1) is 22.8. The zero-order chi connectivity index (χ0) is 23.2. The summed E-state index contributed by atoms with van der Waals surface area (Å²) in [6.07, 6.45) is 4.82. The summed E-state index contributed by atoms with van der Waals surface area (Å²) in [5, 5.41) is 4.15. The molecule has 2 aromatic carbocycles. The van der Waals surface area contributed by atoms with Gasteiger partial charge in [-0.05, 0) is 56.0 Å². The third kappa shape index (κ3) is 5.93. The van der Waals surface area contributed by atoms with Gasteiger partial charge < -0.3 is 15.0 Å². The van der Waals surface area contributed by atoms with E-state index in [1.165, 1.54) is 23.8 Å². The maximum absolute atomic E-state index is 11.6. The zero-order valence-electron chi connectivity index (χ0n) is 19.8. The van der Waals surface area contributed by atoms with E-state index in [1.54, 1.807) is 0 Å². The molecule has 6 nitrogen and oxygen atoms in total. The van der Waals surface area contributed by atoms with Crippen molar-refractivity contribution in [3.05, 3.63) is 65.9 Å². The van der Waals surface area contributed by atoms with Crippen LogP contribution in [0, 0.1) is 0 Å². The quantitative estimate of drug-likeness (QED) is 0.479. The van der Waals surface area contributed by atoms with Crippen LogP contribution < -0.4 is 10.1 Å². The molecule has 1 aromatic heterocycles. The summed E-state index contributed by atoms with van der Waals surface area (Å²) in [5.41, 5.74) is 4.35. The number of carbonyl (C=O) groups excluding carboxylic acids is 1. The molecule has 0 saturated carbocycles. The normalized spacial score (nSPS) is 16.9. The molecule has 3 aromatic rings. The number of rotatable bonds is 9. The van der Waals surface area contributed by atoms with E-state index in [-0.39, 0.29) is 5.91 Å². The van der Waals surface area contributed by atoms with E-state index in [4.69, 9.17) is 9.72 Å². The third-order valence-corrected chi connectivity index (χ3v) is 6.87. The molecule has 178 valence electrons. The van der Waals surface area contributed by atoms with Crippen molar-refractivity contribution in [1.29, 1.82) is 0 Å². The Balaban J connectivity index is 0.963. The number of aryl methyl sites for hydroxylation is 1. The van der Waals surface area contributed by atoms with Crippen molar-refractivity contribution in [2.45, 2.75) is 38.6 Å². The number of nitrogens with one attached hydrogen (secondary N) is 1. The highest BCUT2D eigenvalue weighted by molar-refractivity contribution is 5.94. The number of fused-ring (bicyclic) bond motifs is 2. The molecule has 0 bridgehead atoms. The van der Waals surface area contributed by atoms with Crippen molar-refractivity contribution in [3.63, 3.8) is 0 Å². The summed E-state index contributed by atoms with van der Waals surface area (Å²) >= 11 is 0. The van der Waals surface area contributed by atoms with E-state index in [9.17, 15) is 4.79 Å². The van der Waals surface area contributed by atoms with Crippen LogP contribution in [-0.2, 0) is 17.8 Å². The van der Waals surface area contributed by atoms with Crippen molar-refractivity contribution in [2.24, 2.45) is 0 Å². The molecule has 1 N–H and O–H groups in total. The van der Waals surface area contributed by atoms with Gasteiger partial charge in [0.2, 0.25) is 5.91 Å². The van der Waals surface area contributed by atoms with Crippen LogP contribution in [-0.4, -0.2) is 60.0 Å². The fraction of sp³-hybridized carbons (Fsp3) is 0.429. The number of aromatic nitrogens is 1. The minimum Gasteiger partial charge on any atom is -0.494 e. The Bertz CT molecular complexity index is 1120.